The van der Waals surface area contributed by atoms with Crippen LogP contribution < -0.4 is 5.32 Å². The van der Waals surface area contributed by atoms with Crippen LogP contribution in [0.2, 0.25) is 0 Å². The van der Waals surface area contributed by atoms with E-state index in [2.05, 4.69) is 32.3 Å². The number of carbonyl (C=O) groups excluding carboxylic acids is 3. The Hall–Kier alpha value is -3.13. The number of aryl methyl sites for hydroxylation is 2. The van der Waals surface area contributed by atoms with E-state index in [9.17, 15) is 14.4 Å². The summed E-state index contributed by atoms with van der Waals surface area (Å²) in [4.78, 5) is 50.0. The zero-order chi connectivity index (χ0) is 24.5. The molecular weight excluding hydrogens is 442 g/mol. The Bertz CT molecular complexity index is 1080. The van der Waals surface area contributed by atoms with Crippen molar-refractivity contribution in [1.29, 1.82) is 0 Å². The Kier molecular flexibility index (Phi) is 6.65. The molecule has 5 rings (SSSR count). The molecule has 0 bridgehead atoms. The first kappa shape index (κ1) is 23.6. The van der Waals surface area contributed by atoms with Gasteiger partial charge in [-0.3, -0.25) is 14.4 Å². The molecule has 184 valence electrons. The molecule has 2 amide bonds. The van der Waals surface area contributed by atoms with Gasteiger partial charge < -0.3 is 15.1 Å². The Morgan fingerprint density at radius 3 is 2.23 bits per heavy atom. The fourth-order valence-electron chi connectivity index (χ4n) is 5.78. The first-order valence-corrected chi connectivity index (χ1v) is 12.6. The first-order chi connectivity index (χ1) is 16.9. The van der Waals surface area contributed by atoms with Crippen molar-refractivity contribution in [2.24, 2.45) is 17.8 Å². The zero-order valence-corrected chi connectivity index (χ0v) is 20.4. The molecule has 8 nitrogen and oxygen atoms in total. The van der Waals surface area contributed by atoms with Crippen molar-refractivity contribution < 1.29 is 14.4 Å². The number of nitrogens with zero attached hydrogens (tertiary/aromatic N) is 4. The standard InChI is InChI=1S/C27H33N5O3/c1-17-25(18(2)29-16-28-17)27(35)32-14-21-12-31(13-22(21)15-32)9-8-24(19-6-4-3-5-7-19)30-26(34)20-10-23(33)11-20/h3-7,16,20-22,24H,8-15H2,1-2H3,(H,30,34)/t21?,22?,24-/m0/s1. The lowest BCUT2D eigenvalue weighted by atomic mass is 9.83. The van der Waals surface area contributed by atoms with Gasteiger partial charge in [0.25, 0.3) is 5.91 Å². The Balaban J connectivity index is 1.16. The van der Waals surface area contributed by atoms with E-state index in [-0.39, 0.29) is 29.6 Å². The van der Waals surface area contributed by atoms with Gasteiger partial charge in [-0.2, -0.15) is 0 Å². The van der Waals surface area contributed by atoms with E-state index in [1.54, 1.807) is 0 Å². The fraction of sp³-hybridized carbons (Fsp3) is 0.519. The molecular formula is C27H33N5O3. The Morgan fingerprint density at radius 2 is 1.63 bits per heavy atom. The highest BCUT2D eigenvalue weighted by molar-refractivity contribution is 5.97. The van der Waals surface area contributed by atoms with E-state index in [1.165, 1.54) is 6.33 Å². The molecule has 2 saturated heterocycles. The van der Waals surface area contributed by atoms with Gasteiger partial charge in [-0.25, -0.2) is 9.97 Å². The Morgan fingerprint density at radius 1 is 1.00 bits per heavy atom. The van der Waals surface area contributed by atoms with Gasteiger partial charge in [0, 0.05) is 45.6 Å². The maximum Gasteiger partial charge on any atom is 0.257 e. The van der Waals surface area contributed by atoms with Crippen LogP contribution >= 0.6 is 0 Å². The molecule has 1 aliphatic carbocycles. The lowest BCUT2D eigenvalue weighted by Gasteiger charge is -2.28. The number of aromatic nitrogens is 2. The minimum absolute atomic E-state index is 0.0126. The van der Waals surface area contributed by atoms with Gasteiger partial charge >= 0.3 is 0 Å². The highest BCUT2D eigenvalue weighted by atomic mass is 16.2. The number of hydrogen-bond acceptors (Lipinski definition) is 6. The highest BCUT2D eigenvalue weighted by Gasteiger charge is 2.42. The molecule has 2 aromatic rings. The Labute approximate surface area is 206 Å². The third-order valence-electron chi connectivity index (χ3n) is 7.86. The first-order valence-electron chi connectivity index (χ1n) is 12.6. The number of ketones is 1. The van der Waals surface area contributed by atoms with Gasteiger partial charge in [0.2, 0.25) is 5.91 Å². The van der Waals surface area contributed by atoms with Gasteiger partial charge in [-0.1, -0.05) is 30.3 Å². The van der Waals surface area contributed by atoms with Gasteiger partial charge in [0.15, 0.2) is 0 Å². The SMILES string of the molecule is Cc1ncnc(C)c1C(=O)N1CC2CN(CC[C@H](NC(=O)C3CC(=O)C3)c3ccccc3)CC2C1. The summed E-state index contributed by atoms with van der Waals surface area (Å²) < 4.78 is 0. The van der Waals surface area contributed by atoms with Crippen molar-refractivity contribution in [2.75, 3.05) is 32.7 Å². The van der Waals surface area contributed by atoms with E-state index >= 15 is 0 Å². The van der Waals surface area contributed by atoms with E-state index in [1.807, 2.05) is 36.9 Å². The third-order valence-corrected chi connectivity index (χ3v) is 7.86. The van der Waals surface area contributed by atoms with Gasteiger partial charge in [-0.05, 0) is 37.7 Å². The summed E-state index contributed by atoms with van der Waals surface area (Å²) in [5, 5.41) is 3.20. The van der Waals surface area contributed by atoms with Crippen LogP contribution in [0.5, 0.6) is 0 Å². The molecule has 2 unspecified atom stereocenters. The predicted molar refractivity (Wildman–Crippen MR) is 131 cm³/mol. The monoisotopic (exact) mass is 475 g/mol. The summed E-state index contributed by atoms with van der Waals surface area (Å²) >= 11 is 0. The molecule has 3 fully saturated rings. The number of rotatable bonds is 7. The molecule has 0 spiro atoms. The number of Topliss-reactive ketones (excluding diaryl/α,β-unsaturated/α-hetero) is 1. The van der Waals surface area contributed by atoms with Crippen molar-refractivity contribution in [3.63, 3.8) is 0 Å². The molecule has 35 heavy (non-hydrogen) atoms. The molecule has 8 heteroatoms. The summed E-state index contributed by atoms with van der Waals surface area (Å²) in [6.45, 7) is 8.07. The van der Waals surface area contributed by atoms with Crippen LogP contribution in [0.3, 0.4) is 0 Å². The van der Waals surface area contributed by atoms with E-state index in [0.29, 0.717) is 30.2 Å². The van der Waals surface area contributed by atoms with Gasteiger partial charge in [-0.15, -0.1) is 0 Å². The smallest absolute Gasteiger partial charge is 0.257 e. The second-order valence-electron chi connectivity index (χ2n) is 10.3. The van der Waals surface area contributed by atoms with Gasteiger partial charge in [0.1, 0.15) is 12.1 Å². The molecule has 1 saturated carbocycles. The second kappa shape index (κ2) is 9.85. The molecule has 3 aliphatic rings. The number of amides is 2. The molecule has 3 atom stereocenters. The largest absolute Gasteiger partial charge is 0.349 e. The molecule has 3 heterocycles. The molecule has 1 aromatic carbocycles. The van der Waals surface area contributed by atoms with Crippen LogP contribution in [-0.2, 0) is 9.59 Å². The van der Waals surface area contributed by atoms with Crippen LogP contribution in [0, 0.1) is 31.6 Å². The number of hydrogen-bond donors (Lipinski definition) is 1. The van der Waals surface area contributed by atoms with E-state index in [0.717, 1.165) is 56.1 Å². The van der Waals surface area contributed by atoms with Crippen molar-refractivity contribution in [1.82, 2.24) is 25.1 Å². The fourth-order valence-corrected chi connectivity index (χ4v) is 5.78. The predicted octanol–water partition coefficient (Wildman–Crippen LogP) is 2.32. The van der Waals surface area contributed by atoms with Crippen LogP contribution in [-0.4, -0.2) is 70.1 Å². The van der Waals surface area contributed by atoms with Gasteiger partial charge in [0.05, 0.1) is 28.9 Å². The van der Waals surface area contributed by atoms with Crippen molar-refractivity contribution >= 4 is 17.6 Å². The minimum Gasteiger partial charge on any atom is -0.349 e. The quantitative estimate of drug-likeness (QED) is 0.660. The molecule has 1 N–H and O–H groups in total. The average molecular weight is 476 g/mol. The van der Waals surface area contributed by atoms with Crippen LogP contribution in [0.4, 0.5) is 0 Å². The van der Waals surface area contributed by atoms with Crippen LogP contribution in [0.1, 0.15) is 52.6 Å². The number of likely N-dealkylation sites (tertiary alicyclic amines) is 2. The van der Waals surface area contributed by atoms with E-state index < -0.39 is 0 Å². The summed E-state index contributed by atoms with van der Waals surface area (Å²) in [5.74, 6) is 0.961. The topological polar surface area (TPSA) is 95.5 Å². The van der Waals surface area contributed by atoms with Crippen LogP contribution in [0.15, 0.2) is 36.7 Å². The molecule has 1 aromatic heterocycles. The van der Waals surface area contributed by atoms with Crippen LogP contribution in [0.25, 0.3) is 0 Å². The van der Waals surface area contributed by atoms with Crippen molar-refractivity contribution in [2.45, 2.75) is 39.2 Å². The highest BCUT2D eigenvalue weighted by Crippen LogP contribution is 2.33. The summed E-state index contributed by atoms with van der Waals surface area (Å²) in [5.41, 5.74) is 3.21. The summed E-state index contributed by atoms with van der Waals surface area (Å²) in [6.07, 6.45) is 3.06. The minimum atomic E-state index is -0.175. The normalized spacial score (nSPS) is 23.1. The zero-order valence-electron chi connectivity index (χ0n) is 20.4. The number of nitrogens with one attached hydrogen (secondary N) is 1. The number of carbonyl (C=O) groups is 3. The maximum absolute atomic E-state index is 13.2. The molecule has 0 radical (unpaired) electrons. The second-order valence-corrected chi connectivity index (χ2v) is 10.3. The molecule has 2 aliphatic heterocycles. The summed E-state index contributed by atoms with van der Waals surface area (Å²) in [6, 6.07) is 10.0. The number of fused-ring (bicyclic) bond motifs is 1. The lowest BCUT2D eigenvalue weighted by Crippen LogP contribution is -2.41. The van der Waals surface area contributed by atoms with Crippen molar-refractivity contribution in [3.05, 3.63) is 59.2 Å². The van der Waals surface area contributed by atoms with E-state index in [4.69, 9.17) is 0 Å². The lowest BCUT2D eigenvalue weighted by molar-refractivity contribution is -0.138. The van der Waals surface area contributed by atoms with Crippen molar-refractivity contribution in [3.8, 4) is 0 Å². The maximum atomic E-state index is 13.2. The summed E-state index contributed by atoms with van der Waals surface area (Å²) in [7, 11) is 0. The average Bonchev–Trinajstić information content (AvgIpc) is 3.39. The third kappa shape index (κ3) is 4.98. The number of benzene rings is 1.